The predicted molar refractivity (Wildman–Crippen MR) is 156 cm³/mol. The molecule has 194 valence electrons. The molecule has 0 spiro atoms. The molecule has 0 bridgehead atoms. The highest BCUT2D eigenvalue weighted by Gasteiger charge is 2.16. The number of aromatic nitrogens is 5. The summed E-state index contributed by atoms with van der Waals surface area (Å²) >= 11 is 1.50. The average Bonchev–Trinajstić information content (AvgIpc) is 3.65. The predicted octanol–water partition coefficient (Wildman–Crippen LogP) is 7.08. The smallest absolute Gasteiger partial charge is 0.224 e. The molecule has 0 atom stereocenters. The maximum Gasteiger partial charge on any atom is 0.224 e. The summed E-state index contributed by atoms with van der Waals surface area (Å²) in [5.74, 6) is 0.302. The summed E-state index contributed by atoms with van der Waals surface area (Å²) in [5.41, 5.74) is 6.67. The van der Waals surface area contributed by atoms with Crippen LogP contribution >= 0.6 is 11.3 Å². The minimum Gasteiger partial charge on any atom is -0.353 e. The minimum atomic E-state index is -0.0391. The molecule has 0 radical (unpaired) electrons. The number of pyridine rings is 2. The van der Waals surface area contributed by atoms with Gasteiger partial charge in [0, 0.05) is 44.9 Å². The number of H-pyrrole nitrogens is 2. The Morgan fingerprint density at radius 2 is 1.87 bits per heavy atom. The van der Waals surface area contributed by atoms with E-state index < -0.39 is 0 Å². The highest BCUT2D eigenvalue weighted by atomic mass is 32.1. The van der Waals surface area contributed by atoms with E-state index >= 15 is 0 Å². The maximum atomic E-state index is 12.2. The van der Waals surface area contributed by atoms with Crippen molar-refractivity contribution in [2.45, 2.75) is 27.2 Å². The molecule has 0 unspecified atom stereocenters. The fourth-order valence-corrected chi connectivity index (χ4v) is 5.62. The van der Waals surface area contributed by atoms with E-state index in [4.69, 9.17) is 0 Å². The summed E-state index contributed by atoms with van der Waals surface area (Å²) in [6.07, 6.45) is 5.58. The number of Topliss-reactive ketones (excluding diaryl/α,β-unsaturated/α-hetero) is 1. The van der Waals surface area contributed by atoms with Crippen LogP contribution in [0, 0.1) is 5.92 Å². The van der Waals surface area contributed by atoms with Gasteiger partial charge >= 0.3 is 0 Å². The van der Waals surface area contributed by atoms with Crippen LogP contribution in [0.1, 0.15) is 36.9 Å². The fourth-order valence-electron chi connectivity index (χ4n) is 4.68. The van der Waals surface area contributed by atoms with Crippen LogP contribution in [-0.4, -0.2) is 36.8 Å². The van der Waals surface area contributed by atoms with Crippen LogP contribution in [0.2, 0.25) is 0 Å². The van der Waals surface area contributed by atoms with Gasteiger partial charge in [0.05, 0.1) is 39.9 Å². The third-order valence-corrected chi connectivity index (χ3v) is 7.72. The van der Waals surface area contributed by atoms with Gasteiger partial charge in [0.15, 0.2) is 5.78 Å². The Hall–Kier alpha value is -4.63. The van der Waals surface area contributed by atoms with Crippen LogP contribution < -0.4 is 5.32 Å². The van der Waals surface area contributed by atoms with Crippen molar-refractivity contribution < 1.29 is 9.59 Å². The monoisotopic (exact) mass is 534 g/mol. The summed E-state index contributed by atoms with van der Waals surface area (Å²) in [6.45, 7) is 5.61. The second kappa shape index (κ2) is 9.92. The van der Waals surface area contributed by atoms with Gasteiger partial charge < -0.3 is 10.3 Å². The molecule has 39 heavy (non-hydrogen) atoms. The Morgan fingerprint density at radius 1 is 1.00 bits per heavy atom. The summed E-state index contributed by atoms with van der Waals surface area (Å²) in [5, 5.41) is 12.6. The highest BCUT2D eigenvalue weighted by Crippen LogP contribution is 2.37. The topological polar surface area (TPSA) is 116 Å². The van der Waals surface area contributed by atoms with Gasteiger partial charge in [-0.05, 0) is 49.2 Å². The molecule has 3 N–H and O–H groups in total. The van der Waals surface area contributed by atoms with E-state index in [-0.39, 0.29) is 17.6 Å². The standard InChI is InChI=1S/C30H26N6O2S/c1-16(2)9-29(38)33-19-10-18(13-31-14-19)24-12-22-26(15-32-24)35-36-30(22)25-11-21-20(5-4-6-23(21)34-25)28-8-7-27(39-28)17(3)37/h4-8,10-16,34H,9H2,1-3H3,(H,33,38)(H,35,36). The summed E-state index contributed by atoms with van der Waals surface area (Å²) in [6, 6.07) is 16.0. The van der Waals surface area contributed by atoms with E-state index in [9.17, 15) is 9.59 Å². The first kappa shape index (κ1) is 24.7. The molecule has 9 heteroatoms. The second-order valence-corrected chi connectivity index (χ2v) is 11.0. The zero-order valence-corrected chi connectivity index (χ0v) is 22.5. The molecule has 6 aromatic rings. The number of ketones is 1. The lowest BCUT2D eigenvalue weighted by Gasteiger charge is -2.08. The summed E-state index contributed by atoms with van der Waals surface area (Å²) in [4.78, 5) is 38.3. The molecular weight excluding hydrogens is 508 g/mol. The van der Waals surface area contributed by atoms with E-state index in [1.54, 1.807) is 25.5 Å². The van der Waals surface area contributed by atoms with Crippen LogP contribution in [0.5, 0.6) is 0 Å². The zero-order valence-electron chi connectivity index (χ0n) is 21.7. The number of nitrogens with one attached hydrogen (secondary N) is 3. The second-order valence-electron chi connectivity index (χ2n) is 9.97. The number of hydrogen-bond acceptors (Lipinski definition) is 6. The zero-order chi connectivity index (χ0) is 27.1. The van der Waals surface area contributed by atoms with E-state index in [2.05, 4.69) is 42.6 Å². The minimum absolute atomic E-state index is 0.0391. The van der Waals surface area contributed by atoms with Crippen molar-refractivity contribution in [3.05, 3.63) is 72.0 Å². The molecule has 0 aliphatic rings. The lowest BCUT2D eigenvalue weighted by molar-refractivity contribution is -0.116. The van der Waals surface area contributed by atoms with Gasteiger partial charge in [0.1, 0.15) is 5.69 Å². The molecule has 6 rings (SSSR count). The maximum absolute atomic E-state index is 12.2. The summed E-state index contributed by atoms with van der Waals surface area (Å²) in [7, 11) is 0. The van der Waals surface area contributed by atoms with Crippen LogP contribution in [0.25, 0.3) is 54.9 Å². The van der Waals surface area contributed by atoms with E-state index in [1.165, 1.54) is 11.3 Å². The van der Waals surface area contributed by atoms with E-state index in [1.807, 2.05) is 50.2 Å². The molecule has 0 saturated carbocycles. The molecule has 1 aromatic carbocycles. The molecule has 0 fully saturated rings. The first-order valence-electron chi connectivity index (χ1n) is 12.7. The number of carbonyl (C=O) groups is 2. The third-order valence-electron chi connectivity index (χ3n) is 6.50. The van der Waals surface area contributed by atoms with Crippen molar-refractivity contribution in [3.63, 3.8) is 0 Å². The van der Waals surface area contributed by atoms with Gasteiger partial charge in [-0.3, -0.25) is 24.7 Å². The van der Waals surface area contributed by atoms with Crippen LogP contribution in [-0.2, 0) is 4.79 Å². The van der Waals surface area contributed by atoms with Crippen molar-refractivity contribution in [1.82, 2.24) is 25.1 Å². The molecule has 5 aromatic heterocycles. The Labute approximate surface area is 228 Å². The Bertz CT molecular complexity index is 1860. The largest absolute Gasteiger partial charge is 0.353 e. The number of anilines is 1. The van der Waals surface area contributed by atoms with Gasteiger partial charge in [0.25, 0.3) is 0 Å². The fraction of sp³-hybridized carbons (Fsp3) is 0.167. The molecule has 0 saturated heterocycles. The highest BCUT2D eigenvalue weighted by molar-refractivity contribution is 7.17. The van der Waals surface area contributed by atoms with E-state index in [0.29, 0.717) is 12.1 Å². The number of rotatable bonds is 7. The molecule has 8 nitrogen and oxygen atoms in total. The molecular formula is C30H26N6O2S. The number of aromatic amines is 2. The Morgan fingerprint density at radius 3 is 2.67 bits per heavy atom. The number of thiophene rings is 1. The van der Waals surface area contributed by atoms with Crippen molar-refractivity contribution in [3.8, 4) is 33.1 Å². The number of nitrogens with zero attached hydrogens (tertiary/aromatic N) is 3. The summed E-state index contributed by atoms with van der Waals surface area (Å²) < 4.78 is 0. The van der Waals surface area contributed by atoms with Crippen LogP contribution in [0.4, 0.5) is 5.69 Å². The molecule has 0 aliphatic carbocycles. The quantitative estimate of drug-likeness (QED) is 0.189. The van der Waals surface area contributed by atoms with Gasteiger partial charge in [-0.25, -0.2) is 0 Å². The number of fused-ring (bicyclic) bond motifs is 2. The van der Waals surface area contributed by atoms with Crippen molar-refractivity contribution in [2.24, 2.45) is 5.92 Å². The Kier molecular flexibility index (Phi) is 6.28. The van der Waals surface area contributed by atoms with Gasteiger partial charge in [-0.2, -0.15) is 5.10 Å². The first-order valence-corrected chi connectivity index (χ1v) is 13.5. The third kappa shape index (κ3) is 4.84. The molecule has 0 aliphatic heterocycles. The van der Waals surface area contributed by atoms with Gasteiger partial charge in [0.2, 0.25) is 5.91 Å². The van der Waals surface area contributed by atoms with Crippen molar-refractivity contribution in [2.75, 3.05) is 5.32 Å². The first-order chi connectivity index (χ1) is 18.9. The van der Waals surface area contributed by atoms with Crippen molar-refractivity contribution in [1.29, 1.82) is 0 Å². The number of benzene rings is 1. The Balaban J connectivity index is 1.37. The van der Waals surface area contributed by atoms with Gasteiger partial charge in [-0.1, -0.05) is 26.0 Å². The van der Waals surface area contributed by atoms with E-state index in [0.717, 1.165) is 59.8 Å². The number of amides is 1. The SMILES string of the molecule is CC(=O)c1ccc(-c2cccc3[nH]c(-c4n[nH]c5cnc(-c6cncc(NC(=O)CC(C)C)c6)cc45)cc23)s1. The lowest BCUT2D eigenvalue weighted by atomic mass is 10.1. The van der Waals surface area contributed by atoms with Crippen LogP contribution in [0.3, 0.4) is 0 Å². The number of hydrogen-bond donors (Lipinski definition) is 3. The van der Waals surface area contributed by atoms with Crippen molar-refractivity contribution >= 4 is 50.5 Å². The lowest BCUT2D eigenvalue weighted by Crippen LogP contribution is -2.13. The molecule has 5 heterocycles. The normalized spacial score (nSPS) is 11.5. The number of carbonyl (C=O) groups excluding carboxylic acids is 2. The average molecular weight is 535 g/mol. The van der Waals surface area contributed by atoms with Gasteiger partial charge in [-0.15, -0.1) is 11.3 Å². The van der Waals surface area contributed by atoms with Crippen LogP contribution in [0.15, 0.2) is 67.1 Å². The molecule has 1 amide bonds.